The Labute approximate surface area is 85.7 Å². The lowest BCUT2D eigenvalue weighted by Gasteiger charge is -2.01. The zero-order valence-electron chi connectivity index (χ0n) is 6.84. The molecule has 2 aromatic carbocycles. The van der Waals surface area contributed by atoms with Crippen molar-refractivity contribution in [2.75, 3.05) is 0 Å². The SMILES string of the molecule is Cc1cccc2ccc(I)cc12. The molecule has 1 heteroatoms. The Morgan fingerprint density at radius 1 is 1.08 bits per heavy atom. The maximum absolute atomic E-state index is 2.34. The number of fused-ring (bicyclic) bond motifs is 1. The van der Waals surface area contributed by atoms with Crippen molar-refractivity contribution < 1.29 is 0 Å². The molecule has 0 amide bonds. The van der Waals surface area contributed by atoms with E-state index in [1.807, 2.05) is 0 Å². The summed E-state index contributed by atoms with van der Waals surface area (Å²) in [7, 11) is 0. The molecule has 2 aromatic rings. The van der Waals surface area contributed by atoms with E-state index in [4.69, 9.17) is 0 Å². The van der Waals surface area contributed by atoms with Gasteiger partial charge in [-0.1, -0.05) is 24.3 Å². The first-order chi connectivity index (χ1) is 5.77. The average molecular weight is 268 g/mol. The molecule has 0 aliphatic carbocycles. The highest BCUT2D eigenvalue weighted by molar-refractivity contribution is 14.1. The summed E-state index contributed by atoms with van der Waals surface area (Å²) in [5.41, 5.74) is 1.35. The van der Waals surface area contributed by atoms with Crippen LogP contribution in [-0.4, -0.2) is 0 Å². The number of aryl methyl sites for hydroxylation is 1. The van der Waals surface area contributed by atoms with E-state index < -0.39 is 0 Å². The van der Waals surface area contributed by atoms with Gasteiger partial charge in [0.25, 0.3) is 0 Å². The maximum Gasteiger partial charge on any atom is 0.0136 e. The molecule has 0 aliphatic heterocycles. The van der Waals surface area contributed by atoms with E-state index in [9.17, 15) is 0 Å². The molecular weight excluding hydrogens is 259 g/mol. The Morgan fingerprint density at radius 2 is 1.92 bits per heavy atom. The second kappa shape index (κ2) is 3.05. The second-order valence-electron chi connectivity index (χ2n) is 2.94. The van der Waals surface area contributed by atoms with Crippen molar-refractivity contribution in [2.24, 2.45) is 0 Å². The highest BCUT2D eigenvalue weighted by Gasteiger charge is 1.95. The predicted molar refractivity (Wildman–Crippen MR) is 61.4 cm³/mol. The van der Waals surface area contributed by atoms with Crippen molar-refractivity contribution in [1.82, 2.24) is 0 Å². The Morgan fingerprint density at radius 3 is 2.75 bits per heavy atom. The summed E-state index contributed by atoms with van der Waals surface area (Å²) in [6, 6.07) is 12.9. The normalized spacial score (nSPS) is 10.5. The van der Waals surface area contributed by atoms with E-state index in [1.54, 1.807) is 0 Å². The van der Waals surface area contributed by atoms with Crippen LogP contribution in [0.1, 0.15) is 5.56 Å². The van der Waals surface area contributed by atoms with Crippen LogP contribution in [0.3, 0.4) is 0 Å². The minimum absolute atomic E-state index is 1.30. The summed E-state index contributed by atoms with van der Waals surface area (Å²) in [5, 5.41) is 2.69. The van der Waals surface area contributed by atoms with Gasteiger partial charge in [-0.05, 0) is 58.0 Å². The van der Waals surface area contributed by atoms with Gasteiger partial charge in [0.2, 0.25) is 0 Å². The molecule has 0 spiro atoms. The first kappa shape index (κ1) is 8.05. The number of hydrogen-bond donors (Lipinski definition) is 0. The smallest absolute Gasteiger partial charge is 0.0136 e. The standard InChI is InChI=1S/C11H9I/c1-8-3-2-4-9-5-6-10(12)7-11(8)9/h2-7H,1H3. The van der Waals surface area contributed by atoms with E-state index in [0.717, 1.165) is 0 Å². The molecule has 0 bridgehead atoms. The van der Waals surface area contributed by atoms with Crippen molar-refractivity contribution in [3.63, 3.8) is 0 Å². The Kier molecular flexibility index (Phi) is 2.05. The van der Waals surface area contributed by atoms with Crippen LogP contribution in [0, 0.1) is 10.5 Å². The molecular formula is C11H9I. The van der Waals surface area contributed by atoms with Gasteiger partial charge in [-0.25, -0.2) is 0 Å². The molecule has 60 valence electrons. The molecule has 0 aliphatic rings. The Balaban J connectivity index is 2.88. The summed E-state index contributed by atoms with van der Waals surface area (Å²) in [5.74, 6) is 0. The van der Waals surface area contributed by atoms with E-state index in [0.29, 0.717) is 0 Å². The average Bonchev–Trinajstić information content (AvgIpc) is 2.07. The van der Waals surface area contributed by atoms with Crippen LogP contribution in [0.25, 0.3) is 10.8 Å². The molecule has 0 fully saturated rings. The van der Waals surface area contributed by atoms with Crippen LogP contribution >= 0.6 is 22.6 Å². The number of rotatable bonds is 0. The molecule has 0 unspecified atom stereocenters. The summed E-state index contributed by atoms with van der Waals surface area (Å²) >= 11 is 2.34. The minimum Gasteiger partial charge on any atom is -0.0614 e. The third-order valence-electron chi connectivity index (χ3n) is 2.06. The van der Waals surface area contributed by atoms with Gasteiger partial charge in [-0.3, -0.25) is 0 Å². The predicted octanol–water partition coefficient (Wildman–Crippen LogP) is 3.75. The van der Waals surface area contributed by atoms with Crippen LogP contribution in [-0.2, 0) is 0 Å². The fraction of sp³-hybridized carbons (Fsp3) is 0.0909. The summed E-state index contributed by atoms with van der Waals surface area (Å²) in [6.07, 6.45) is 0. The topological polar surface area (TPSA) is 0 Å². The zero-order valence-corrected chi connectivity index (χ0v) is 9.00. The molecule has 12 heavy (non-hydrogen) atoms. The van der Waals surface area contributed by atoms with Crippen molar-refractivity contribution in [1.29, 1.82) is 0 Å². The third-order valence-corrected chi connectivity index (χ3v) is 2.73. The van der Waals surface area contributed by atoms with Gasteiger partial charge in [0, 0.05) is 3.57 Å². The monoisotopic (exact) mass is 268 g/mol. The lowest BCUT2D eigenvalue weighted by Crippen LogP contribution is -1.78. The Bertz CT molecular complexity index is 418. The fourth-order valence-corrected chi connectivity index (χ4v) is 1.89. The molecule has 2 rings (SSSR count). The van der Waals surface area contributed by atoms with Crippen molar-refractivity contribution in [2.45, 2.75) is 6.92 Å². The van der Waals surface area contributed by atoms with Crippen LogP contribution in [0.2, 0.25) is 0 Å². The second-order valence-corrected chi connectivity index (χ2v) is 4.19. The van der Waals surface area contributed by atoms with Crippen molar-refractivity contribution >= 4 is 33.4 Å². The van der Waals surface area contributed by atoms with Crippen LogP contribution < -0.4 is 0 Å². The summed E-state index contributed by atoms with van der Waals surface area (Å²) in [4.78, 5) is 0. The lowest BCUT2D eigenvalue weighted by atomic mass is 10.1. The number of benzene rings is 2. The third kappa shape index (κ3) is 1.33. The molecule has 0 N–H and O–H groups in total. The maximum atomic E-state index is 2.34. The molecule has 0 aromatic heterocycles. The largest absolute Gasteiger partial charge is 0.0614 e. The van der Waals surface area contributed by atoms with E-state index >= 15 is 0 Å². The van der Waals surface area contributed by atoms with Crippen molar-refractivity contribution in [3.8, 4) is 0 Å². The quantitative estimate of drug-likeness (QED) is 0.638. The van der Waals surface area contributed by atoms with Crippen LogP contribution in [0.15, 0.2) is 36.4 Å². The van der Waals surface area contributed by atoms with Gasteiger partial charge >= 0.3 is 0 Å². The van der Waals surface area contributed by atoms with Crippen LogP contribution in [0.5, 0.6) is 0 Å². The molecule has 0 radical (unpaired) electrons. The lowest BCUT2D eigenvalue weighted by molar-refractivity contribution is 1.52. The summed E-state index contributed by atoms with van der Waals surface area (Å²) in [6.45, 7) is 2.15. The Hall–Kier alpha value is -0.570. The van der Waals surface area contributed by atoms with Gasteiger partial charge in [0.15, 0.2) is 0 Å². The van der Waals surface area contributed by atoms with E-state index in [2.05, 4.69) is 65.9 Å². The molecule has 0 heterocycles. The highest BCUT2D eigenvalue weighted by Crippen LogP contribution is 2.20. The minimum atomic E-state index is 1.30. The fourth-order valence-electron chi connectivity index (χ4n) is 1.40. The molecule has 0 saturated carbocycles. The first-order valence-electron chi connectivity index (χ1n) is 3.92. The van der Waals surface area contributed by atoms with Crippen molar-refractivity contribution in [3.05, 3.63) is 45.5 Å². The van der Waals surface area contributed by atoms with Gasteiger partial charge in [-0.15, -0.1) is 0 Å². The molecule has 0 atom stereocenters. The van der Waals surface area contributed by atoms with E-state index in [1.165, 1.54) is 19.9 Å². The first-order valence-corrected chi connectivity index (χ1v) is 5.00. The van der Waals surface area contributed by atoms with Gasteiger partial charge in [0.1, 0.15) is 0 Å². The van der Waals surface area contributed by atoms with Crippen LogP contribution in [0.4, 0.5) is 0 Å². The van der Waals surface area contributed by atoms with Gasteiger partial charge in [0.05, 0.1) is 0 Å². The van der Waals surface area contributed by atoms with Gasteiger partial charge < -0.3 is 0 Å². The van der Waals surface area contributed by atoms with Gasteiger partial charge in [-0.2, -0.15) is 0 Å². The van der Waals surface area contributed by atoms with E-state index in [-0.39, 0.29) is 0 Å². The number of halogens is 1. The molecule has 0 saturated heterocycles. The highest BCUT2D eigenvalue weighted by atomic mass is 127. The zero-order chi connectivity index (χ0) is 8.55. The summed E-state index contributed by atoms with van der Waals surface area (Å²) < 4.78 is 1.30. The number of hydrogen-bond acceptors (Lipinski definition) is 0. The molecule has 0 nitrogen and oxygen atoms in total.